The number of nitrogens with zero attached hydrogens (tertiary/aromatic N) is 2. The van der Waals surface area contributed by atoms with Crippen LogP contribution in [0.4, 0.5) is 5.69 Å². The number of rotatable bonds is 3. The number of fused-ring (bicyclic) bond motifs is 1. The van der Waals surface area contributed by atoms with E-state index in [9.17, 15) is 9.59 Å². The zero-order valence-electron chi connectivity index (χ0n) is 12.2. The smallest absolute Gasteiger partial charge is 0.323 e. The molecule has 0 spiro atoms. The lowest BCUT2D eigenvalue weighted by Crippen LogP contribution is -2.44. The van der Waals surface area contributed by atoms with Gasteiger partial charge in [-0.15, -0.1) is 0 Å². The molecule has 1 fully saturated rings. The quantitative estimate of drug-likeness (QED) is 0.785. The van der Waals surface area contributed by atoms with Crippen molar-refractivity contribution in [2.45, 2.75) is 25.3 Å². The molecule has 0 aromatic heterocycles. The average molecular weight is 288 g/mol. The first-order valence-corrected chi connectivity index (χ1v) is 7.41. The van der Waals surface area contributed by atoms with Crippen LogP contribution in [0.15, 0.2) is 24.3 Å². The van der Waals surface area contributed by atoms with Gasteiger partial charge in [0.25, 0.3) is 0 Å². The van der Waals surface area contributed by atoms with E-state index in [1.807, 2.05) is 28.0 Å². The van der Waals surface area contributed by atoms with Crippen molar-refractivity contribution in [1.82, 2.24) is 4.90 Å². The Hall–Kier alpha value is -1.88. The molecular formula is C16H20N2O3. The monoisotopic (exact) mass is 288 g/mol. The van der Waals surface area contributed by atoms with Crippen molar-refractivity contribution in [3.63, 3.8) is 0 Å². The molecule has 3 rings (SSSR count). The zero-order chi connectivity index (χ0) is 14.8. The summed E-state index contributed by atoms with van der Waals surface area (Å²) in [6.45, 7) is 1.80. The second-order valence-corrected chi connectivity index (χ2v) is 5.58. The minimum atomic E-state index is -0.267. The number of likely N-dealkylation sites (tertiary alicyclic amines) is 1. The summed E-state index contributed by atoms with van der Waals surface area (Å²) < 4.78 is 4.82. The normalized spacial score (nSPS) is 21.4. The Morgan fingerprint density at radius 2 is 2.10 bits per heavy atom. The molecule has 0 N–H and O–H groups in total. The maximum atomic E-state index is 12.6. The van der Waals surface area contributed by atoms with Crippen molar-refractivity contribution >= 4 is 17.6 Å². The van der Waals surface area contributed by atoms with Gasteiger partial charge in [-0.05, 0) is 37.4 Å². The van der Waals surface area contributed by atoms with Crippen molar-refractivity contribution in [1.29, 1.82) is 0 Å². The number of para-hydroxylation sites is 1. The van der Waals surface area contributed by atoms with Crippen LogP contribution in [-0.2, 0) is 20.7 Å². The number of carbonyl (C=O) groups excluding carboxylic acids is 2. The summed E-state index contributed by atoms with van der Waals surface area (Å²) in [7, 11) is 1.40. The molecule has 1 atom stereocenters. The first-order valence-electron chi connectivity index (χ1n) is 7.41. The van der Waals surface area contributed by atoms with Crippen LogP contribution in [0.2, 0.25) is 0 Å². The van der Waals surface area contributed by atoms with Gasteiger partial charge in [0, 0.05) is 12.2 Å². The molecule has 1 amide bonds. The van der Waals surface area contributed by atoms with E-state index in [0.717, 1.165) is 38.0 Å². The summed E-state index contributed by atoms with van der Waals surface area (Å²) in [5, 5.41) is 0. The summed E-state index contributed by atoms with van der Waals surface area (Å²) in [5.41, 5.74) is 2.23. The van der Waals surface area contributed by atoms with Gasteiger partial charge in [0.2, 0.25) is 5.91 Å². The summed E-state index contributed by atoms with van der Waals surface area (Å²) in [6, 6.07) is 7.74. The third kappa shape index (κ3) is 2.65. The van der Waals surface area contributed by atoms with Gasteiger partial charge >= 0.3 is 5.97 Å². The van der Waals surface area contributed by atoms with Gasteiger partial charge in [0.1, 0.15) is 6.04 Å². The molecule has 0 saturated carbocycles. The van der Waals surface area contributed by atoms with Crippen molar-refractivity contribution < 1.29 is 14.3 Å². The molecule has 5 nitrogen and oxygen atoms in total. The summed E-state index contributed by atoms with van der Waals surface area (Å²) in [6.07, 6.45) is 2.61. The van der Waals surface area contributed by atoms with Crippen LogP contribution >= 0.6 is 0 Å². The second kappa shape index (κ2) is 5.85. The van der Waals surface area contributed by atoms with E-state index < -0.39 is 0 Å². The highest BCUT2D eigenvalue weighted by Crippen LogP contribution is 2.28. The summed E-state index contributed by atoms with van der Waals surface area (Å²) in [5.74, 6) is -0.169. The lowest BCUT2D eigenvalue weighted by Gasteiger charge is -2.25. The standard InChI is InChI=1S/C16H20N2O3/c1-21-16(20)14-7-4-9-17(14)11-15(19)18-10-8-12-5-2-3-6-13(12)18/h2-3,5-6,14H,4,7-11H2,1H3. The molecular weight excluding hydrogens is 268 g/mol. The zero-order valence-corrected chi connectivity index (χ0v) is 12.2. The lowest BCUT2D eigenvalue weighted by molar-refractivity contribution is -0.146. The molecule has 5 heteroatoms. The Bertz CT molecular complexity index is 558. The highest BCUT2D eigenvalue weighted by Gasteiger charge is 2.34. The number of amides is 1. The van der Waals surface area contributed by atoms with E-state index in [1.165, 1.54) is 12.7 Å². The van der Waals surface area contributed by atoms with Crippen molar-refractivity contribution in [2.24, 2.45) is 0 Å². The highest BCUT2D eigenvalue weighted by atomic mass is 16.5. The Labute approximate surface area is 124 Å². The molecule has 112 valence electrons. The number of carbonyl (C=O) groups is 2. The van der Waals surface area contributed by atoms with Crippen LogP contribution in [0.5, 0.6) is 0 Å². The molecule has 1 aromatic rings. The molecule has 1 saturated heterocycles. The molecule has 21 heavy (non-hydrogen) atoms. The summed E-state index contributed by atoms with van der Waals surface area (Å²) in [4.78, 5) is 28.1. The molecule has 2 aliphatic heterocycles. The van der Waals surface area contributed by atoms with E-state index in [4.69, 9.17) is 4.74 Å². The first-order chi connectivity index (χ1) is 10.2. The van der Waals surface area contributed by atoms with E-state index in [2.05, 4.69) is 6.07 Å². The van der Waals surface area contributed by atoms with Gasteiger partial charge in [0.05, 0.1) is 13.7 Å². The van der Waals surface area contributed by atoms with Crippen LogP contribution in [0.25, 0.3) is 0 Å². The molecule has 0 radical (unpaired) electrons. The number of methoxy groups -OCH3 is 1. The van der Waals surface area contributed by atoms with Crippen molar-refractivity contribution in [3.05, 3.63) is 29.8 Å². The second-order valence-electron chi connectivity index (χ2n) is 5.58. The van der Waals surface area contributed by atoms with Gasteiger partial charge < -0.3 is 9.64 Å². The fourth-order valence-electron chi connectivity index (χ4n) is 3.27. The predicted octanol–water partition coefficient (Wildman–Crippen LogP) is 1.21. The molecule has 2 heterocycles. The van der Waals surface area contributed by atoms with Gasteiger partial charge in [-0.3, -0.25) is 14.5 Å². The Balaban J connectivity index is 1.69. The molecule has 1 unspecified atom stereocenters. The Kier molecular flexibility index (Phi) is 3.92. The fourth-order valence-corrected chi connectivity index (χ4v) is 3.27. The molecule has 2 aliphatic rings. The van der Waals surface area contributed by atoms with E-state index in [1.54, 1.807) is 0 Å². The third-order valence-corrected chi connectivity index (χ3v) is 4.36. The van der Waals surface area contributed by atoms with Crippen LogP contribution in [0.3, 0.4) is 0 Å². The van der Waals surface area contributed by atoms with E-state index in [-0.39, 0.29) is 24.5 Å². The number of esters is 1. The topological polar surface area (TPSA) is 49.9 Å². The number of hydrogen-bond acceptors (Lipinski definition) is 4. The van der Waals surface area contributed by atoms with Gasteiger partial charge in [-0.1, -0.05) is 18.2 Å². The SMILES string of the molecule is COC(=O)C1CCCN1CC(=O)N1CCc2ccccc21. The van der Waals surface area contributed by atoms with Crippen LogP contribution in [0.1, 0.15) is 18.4 Å². The van der Waals surface area contributed by atoms with Gasteiger partial charge in [-0.25, -0.2) is 0 Å². The predicted molar refractivity (Wildman–Crippen MR) is 79.1 cm³/mol. The fraction of sp³-hybridized carbons (Fsp3) is 0.500. The average Bonchev–Trinajstić information content (AvgIpc) is 3.12. The van der Waals surface area contributed by atoms with Crippen molar-refractivity contribution in [2.75, 3.05) is 31.6 Å². The molecule has 0 bridgehead atoms. The maximum Gasteiger partial charge on any atom is 0.323 e. The van der Waals surface area contributed by atoms with Crippen LogP contribution < -0.4 is 4.90 Å². The molecule has 1 aromatic carbocycles. The molecule has 0 aliphatic carbocycles. The number of hydrogen-bond donors (Lipinski definition) is 0. The van der Waals surface area contributed by atoms with Crippen LogP contribution in [0, 0.1) is 0 Å². The minimum Gasteiger partial charge on any atom is -0.468 e. The van der Waals surface area contributed by atoms with E-state index in [0.29, 0.717) is 0 Å². The van der Waals surface area contributed by atoms with Gasteiger partial charge in [-0.2, -0.15) is 0 Å². The first kappa shape index (κ1) is 14.1. The largest absolute Gasteiger partial charge is 0.468 e. The number of anilines is 1. The Morgan fingerprint density at radius 3 is 2.90 bits per heavy atom. The number of benzene rings is 1. The Morgan fingerprint density at radius 1 is 1.29 bits per heavy atom. The van der Waals surface area contributed by atoms with Gasteiger partial charge in [0.15, 0.2) is 0 Å². The lowest BCUT2D eigenvalue weighted by atomic mass is 10.2. The van der Waals surface area contributed by atoms with Crippen molar-refractivity contribution in [3.8, 4) is 0 Å². The minimum absolute atomic E-state index is 0.0655. The summed E-state index contributed by atoms with van der Waals surface area (Å²) >= 11 is 0. The number of ether oxygens (including phenoxy) is 1. The maximum absolute atomic E-state index is 12.6. The third-order valence-electron chi connectivity index (χ3n) is 4.36. The van der Waals surface area contributed by atoms with Crippen LogP contribution in [-0.4, -0.2) is 49.6 Å². The highest BCUT2D eigenvalue weighted by molar-refractivity contribution is 5.97. The van der Waals surface area contributed by atoms with E-state index >= 15 is 0 Å².